The fourth-order valence-corrected chi connectivity index (χ4v) is 1.04. The van der Waals surface area contributed by atoms with Crippen molar-refractivity contribution in [3.63, 3.8) is 0 Å². The second kappa shape index (κ2) is 5.09. The second-order valence-corrected chi connectivity index (χ2v) is 3.07. The molecule has 1 atom stereocenters. The molecule has 0 bridgehead atoms. The van der Waals surface area contributed by atoms with Gasteiger partial charge in [0.15, 0.2) is 5.69 Å². The van der Waals surface area contributed by atoms with E-state index in [0.29, 0.717) is 5.69 Å². The first-order valence-corrected chi connectivity index (χ1v) is 4.49. The number of aromatic nitrogens is 2. The normalized spacial score (nSPS) is 11.6. The molecule has 0 spiro atoms. The van der Waals surface area contributed by atoms with Crippen molar-refractivity contribution in [1.82, 2.24) is 9.97 Å². The molecule has 1 unspecified atom stereocenters. The SMILES string of the molecule is C#CC(CO)Nc1nc(C)cc(C(=O)O)n1. The molecule has 0 fully saturated rings. The fourth-order valence-electron chi connectivity index (χ4n) is 1.04. The van der Waals surface area contributed by atoms with Crippen molar-refractivity contribution in [2.24, 2.45) is 0 Å². The van der Waals surface area contributed by atoms with Gasteiger partial charge in [-0.2, -0.15) is 0 Å². The molecule has 6 heteroatoms. The van der Waals surface area contributed by atoms with E-state index in [-0.39, 0.29) is 18.2 Å². The third-order valence-corrected chi connectivity index (χ3v) is 1.76. The summed E-state index contributed by atoms with van der Waals surface area (Å²) in [5, 5.41) is 20.3. The van der Waals surface area contributed by atoms with E-state index in [2.05, 4.69) is 21.2 Å². The highest BCUT2D eigenvalue weighted by Crippen LogP contribution is 2.06. The van der Waals surface area contributed by atoms with Gasteiger partial charge in [-0.05, 0) is 13.0 Å². The van der Waals surface area contributed by atoms with Crippen LogP contribution >= 0.6 is 0 Å². The number of aliphatic hydroxyl groups excluding tert-OH is 1. The molecule has 84 valence electrons. The summed E-state index contributed by atoms with van der Waals surface area (Å²) in [6.45, 7) is 1.36. The maximum atomic E-state index is 10.7. The predicted molar refractivity (Wildman–Crippen MR) is 57.1 cm³/mol. The van der Waals surface area contributed by atoms with Crippen LogP contribution in [0.3, 0.4) is 0 Å². The van der Waals surface area contributed by atoms with Gasteiger partial charge in [-0.15, -0.1) is 6.42 Å². The first-order valence-electron chi connectivity index (χ1n) is 4.49. The standard InChI is InChI=1S/C10H11N3O3/c1-3-7(5-14)12-10-11-6(2)4-8(13-10)9(15)16/h1,4,7,14H,5H2,2H3,(H,15,16)(H,11,12,13). The molecule has 0 aliphatic carbocycles. The van der Waals surface area contributed by atoms with Crippen molar-refractivity contribution in [2.75, 3.05) is 11.9 Å². The summed E-state index contributed by atoms with van der Waals surface area (Å²) in [6.07, 6.45) is 5.12. The lowest BCUT2D eigenvalue weighted by molar-refractivity contribution is 0.0690. The second-order valence-electron chi connectivity index (χ2n) is 3.07. The van der Waals surface area contributed by atoms with Crippen LogP contribution in [0.25, 0.3) is 0 Å². The summed E-state index contributed by atoms with van der Waals surface area (Å²) < 4.78 is 0. The lowest BCUT2D eigenvalue weighted by atomic mass is 10.3. The topological polar surface area (TPSA) is 95.3 Å². The zero-order chi connectivity index (χ0) is 12.1. The van der Waals surface area contributed by atoms with E-state index >= 15 is 0 Å². The fraction of sp³-hybridized carbons (Fsp3) is 0.300. The zero-order valence-corrected chi connectivity index (χ0v) is 8.64. The van der Waals surface area contributed by atoms with Gasteiger partial charge in [-0.1, -0.05) is 5.92 Å². The third kappa shape index (κ3) is 2.93. The van der Waals surface area contributed by atoms with Crippen LogP contribution in [0.2, 0.25) is 0 Å². The molecular formula is C10H11N3O3. The quantitative estimate of drug-likeness (QED) is 0.614. The molecule has 3 N–H and O–H groups in total. The molecule has 0 saturated carbocycles. The molecule has 0 amide bonds. The van der Waals surface area contributed by atoms with Gasteiger partial charge in [0.25, 0.3) is 0 Å². The molecule has 6 nitrogen and oxygen atoms in total. The van der Waals surface area contributed by atoms with E-state index in [1.54, 1.807) is 6.92 Å². The van der Waals surface area contributed by atoms with E-state index in [1.165, 1.54) is 6.07 Å². The van der Waals surface area contributed by atoms with Gasteiger partial charge in [0.2, 0.25) is 5.95 Å². The average Bonchev–Trinajstić information content (AvgIpc) is 2.25. The Morgan fingerprint density at radius 2 is 2.38 bits per heavy atom. The van der Waals surface area contributed by atoms with Crippen molar-refractivity contribution in [3.05, 3.63) is 17.5 Å². The number of carboxylic acids is 1. The van der Waals surface area contributed by atoms with Crippen LogP contribution in [-0.4, -0.2) is 38.8 Å². The minimum Gasteiger partial charge on any atom is -0.477 e. The Morgan fingerprint density at radius 1 is 1.69 bits per heavy atom. The molecule has 1 heterocycles. The Kier molecular flexibility index (Phi) is 3.80. The number of nitrogens with zero attached hydrogens (tertiary/aromatic N) is 2. The Labute approximate surface area is 92.4 Å². The lowest BCUT2D eigenvalue weighted by Crippen LogP contribution is -2.23. The Morgan fingerprint density at radius 3 is 2.88 bits per heavy atom. The highest BCUT2D eigenvalue weighted by Gasteiger charge is 2.10. The number of carboxylic acid groups (broad SMARTS) is 1. The number of aliphatic hydroxyl groups is 1. The number of rotatable bonds is 4. The summed E-state index contributed by atoms with van der Waals surface area (Å²) >= 11 is 0. The largest absolute Gasteiger partial charge is 0.477 e. The van der Waals surface area contributed by atoms with Crippen molar-refractivity contribution in [1.29, 1.82) is 0 Å². The number of anilines is 1. The van der Waals surface area contributed by atoms with Crippen LogP contribution in [0, 0.1) is 19.3 Å². The Hall–Kier alpha value is -2.13. The average molecular weight is 221 g/mol. The van der Waals surface area contributed by atoms with Gasteiger partial charge in [0, 0.05) is 5.69 Å². The molecule has 0 aliphatic rings. The van der Waals surface area contributed by atoms with Gasteiger partial charge < -0.3 is 15.5 Å². The van der Waals surface area contributed by atoms with Crippen LogP contribution in [0.15, 0.2) is 6.07 Å². The monoisotopic (exact) mass is 221 g/mol. The van der Waals surface area contributed by atoms with Crippen LogP contribution in [0.1, 0.15) is 16.2 Å². The Balaban J connectivity index is 2.97. The van der Waals surface area contributed by atoms with Crippen molar-refractivity contribution >= 4 is 11.9 Å². The smallest absolute Gasteiger partial charge is 0.354 e. The number of aromatic carboxylic acids is 1. The maximum Gasteiger partial charge on any atom is 0.354 e. The van der Waals surface area contributed by atoms with Crippen molar-refractivity contribution in [3.8, 4) is 12.3 Å². The molecule has 1 rings (SSSR count). The minimum absolute atomic E-state index is 0.0920. The maximum absolute atomic E-state index is 10.7. The summed E-state index contributed by atoms with van der Waals surface area (Å²) in [7, 11) is 0. The van der Waals surface area contributed by atoms with Gasteiger partial charge in [-0.3, -0.25) is 0 Å². The van der Waals surface area contributed by atoms with E-state index < -0.39 is 12.0 Å². The number of nitrogens with one attached hydrogen (secondary N) is 1. The summed E-state index contributed by atoms with van der Waals surface area (Å²) in [5.74, 6) is 1.23. The summed E-state index contributed by atoms with van der Waals surface area (Å²) in [6, 6.07) is 0.709. The van der Waals surface area contributed by atoms with Crippen molar-refractivity contribution in [2.45, 2.75) is 13.0 Å². The van der Waals surface area contributed by atoms with Crippen LogP contribution in [-0.2, 0) is 0 Å². The highest BCUT2D eigenvalue weighted by molar-refractivity contribution is 5.85. The molecule has 1 aromatic rings. The van der Waals surface area contributed by atoms with E-state index in [0.717, 1.165) is 0 Å². The molecule has 0 aliphatic heterocycles. The predicted octanol–water partition coefficient (Wildman–Crippen LogP) is -0.111. The number of hydrogen-bond donors (Lipinski definition) is 3. The minimum atomic E-state index is -1.14. The van der Waals surface area contributed by atoms with Gasteiger partial charge >= 0.3 is 5.97 Å². The van der Waals surface area contributed by atoms with Crippen LogP contribution in [0.4, 0.5) is 5.95 Å². The van der Waals surface area contributed by atoms with Crippen LogP contribution < -0.4 is 5.32 Å². The first-order chi connectivity index (χ1) is 7.56. The summed E-state index contributed by atoms with van der Waals surface area (Å²) in [4.78, 5) is 18.4. The van der Waals surface area contributed by atoms with Gasteiger partial charge in [-0.25, -0.2) is 14.8 Å². The molecular weight excluding hydrogens is 210 g/mol. The van der Waals surface area contributed by atoms with Gasteiger partial charge in [0.1, 0.15) is 6.04 Å². The number of hydrogen-bond acceptors (Lipinski definition) is 5. The lowest BCUT2D eigenvalue weighted by Gasteiger charge is -2.10. The van der Waals surface area contributed by atoms with E-state index in [4.69, 9.17) is 16.6 Å². The molecule has 0 radical (unpaired) electrons. The third-order valence-electron chi connectivity index (χ3n) is 1.76. The van der Waals surface area contributed by atoms with E-state index in [1.807, 2.05) is 0 Å². The number of terminal acetylenes is 1. The van der Waals surface area contributed by atoms with Gasteiger partial charge in [0.05, 0.1) is 6.61 Å². The molecule has 0 saturated heterocycles. The Bertz CT molecular complexity index is 439. The molecule has 0 aromatic carbocycles. The van der Waals surface area contributed by atoms with E-state index in [9.17, 15) is 4.79 Å². The zero-order valence-electron chi connectivity index (χ0n) is 8.64. The van der Waals surface area contributed by atoms with Crippen molar-refractivity contribution < 1.29 is 15.0 Å². The molecule has 16 heavy (non-hydrogen) atoms. The first kappa shape index (κ1) is 11.9. The summed E-state index contributed by atoms with van der Waals surface area (Å²) in [5.41, 5.74) is 0.382. The van der Waals surface area contributed by atoms with Crippen LogP contribution in [0.5, 0.6) is 0 Å². The number of aryl methyl sites for hydroxylation is 1. The molecule has 1 aromatic heterocycles. The number of carbonyl (C=O) groups is 1. The highest BCUT2D eigenvalue weighted by atomic mass is 16.4.